The molecule has 106 valence electrons. The number of nitrogens with one attached hydrogen (secondary N) is 2. The molecular weight excluding hydrogens is 254 g/mol. The van der Waals surface area contributed by atoms with Gasteiger partial charge in [0.25, 0.3) is 0 Å². The smallest absolute Gasteiger partial charge is 0.234 e. The lowest BCUT2D eigenvalue weighted by atomic mass is 10.1. The van der Waals surface area contributed by atoms with Gasteiger partial charge in [-0.2, -0.15) is 5.26 Å². The summed E-state index contributed by atoms with van der Waals surface area (Å²) in [5.41, 5.74) is 1.51. The first kappa shape index (κ1) is 15.7. The lowest BCUT2D eigenvalue weighted by Crippen LogP contribution is -2.23. The highest BCUT2D eigenvalue weighted by molar-refractivity contribution is 5.91. The van der Waals surface area contributed by atoms with Gasteiger partial charge in [0.1, 0.15) is 6.42 Å². The first-order valence-electron chi connectivity index (χ1n) is 6.54. The first-order valence-corrected chi connectivity index (χ1v) is 6.54. The number of carbonyl (C=O) groups excluding carboxylic acids is 2. The van der Waals surface area contributed by atoms with Gasteiger partial charge in [-0.3, -0.25) is 9.59 Å². The molecule has 1 aromatic rings. The summed E-state index contributed by atoms with van der Waals surface area (Å²) in [6, 6.07) is 9.08. The maximum Gasteiger partial charge on any atom is 0.234 e. The van der Waals surface area contributed by atoms with Gasteiger partial charge in [-0.25, -0.2) is 0 Å². The van der Waals surface area contributed by atoms with Crippen LogP contribution in [0.1, 0.15) is 32.3 Å². The van der Waals surface area contributed by atoms with Crippen molar-refractivity contribution in [3.8, 4) is 6.07 Å². The molecule has 0 fully saturated rings. The Morgan fingerprint density at radius 2 is 1.95 bits per heavy atom. The molecule has 20 heavy (non-hydrogen) atoms. The maximum atomic E-state index is 11.8. The van der Waals surface area contributed by atoms with E-state index in [1.54, 1.807) is 12.1 Å². The second-order valence-electron chi connectivity index (χ2n) is 4.91. The van der Waals surface area contributed by atoms with Crippen molar-refractivity contribution in [1.29, 1.82) is 5.26 Å². The minimum atomic E-state index is -0.323. The van der Waals surface area contributed by atoms with E-state index in [-0.39, 0.29) is 24.2 Å². The van der Waals surface area contributed by atoms with Crippen molar-refractivity contribution in [2.75, 3.05) is 5.32 Å². The molecule has 5 nitrogen and oxygen atoms in total. The number of hydrogen-bond acceptors (Lipinski definition) is 3. The van der Waals surface area contributed by atoms with E-state index >= 15 is 0 Å². The fourth-order valence-corrected chi connectivity index (χ4v) is 1.70. The van der Waals surface area contributed by atoms with Crippen molar-refractivity contribution in [3.05, 3.63) is 29.8 Å². The third kappa shape index (κ3) is 5.53. The molecule has 0 spiro atoms. The van der Waals surface area contributed by atoms with Crippen LogP contribution >= 0.6 is 0 Å². The van der Waals surface area contributed by atoms with Crippen LogP contribution in [0.25, 0.3) is 0 Å². The van der Waals surface area contributed by atoms with Crippen molar-refractivity contribution in [2.45, 2.75) is 33.2 Å². The highest BCUT2D eigenvalue weighted by atomic mass is 16.2. The molecule has 2 amide bonds. The zero-order valence-corrected chi connectivity index (χ0v) is 11.8. The summed E-state index contributed by atoms with van der Waals surface area (Å²) in [7, 11) is 0. The monoisotopic (exact) mass is 273 g/mol. The van der Waals surface area contributed by atoms with E-state index in [9.17, 15) is 9.59 Å². The summed E-state index contributed by atoms with van der Waals surface area (Å²) in [4.78, 5) is 23.0. The van der Waals surface area contributed by atoms with Gasteiger partial charge >= 0.3 is 0 Å². The van der Waals surface area contributed by atoms with Gasteiger partial charge in [-0.1, -0.05) is 32.0 Å². The highest BCUT2D eigenvalue weighted by Crippen LogP contribution is 2.15. The van der Waals surface area contributed by atoms with Crippen LogP contribution in [0.3, 0.4) is 0 Å². The number of nitrogens with zero attached hydrogens (tertiary/aromatic N) is 1. The molecule has 0 saturated heterocycles. The second-order valence-corrected chi connectivity index (χ2v) is 4.91. The van der Waals surface area contributed by atoms with Gasteiger partial charge in [-0.05, 0) is 17.5 Å². The van der Waals surface area contributed by atoms with E-state index in [0.29, 0.717) is 18.7 Å². The third-order valence-corrected chi connectivity index (χ3v) is 2.60. The molecule has 0 atom stereocenters. The molecule has 0 aromatic heterocycles. The van der Waals surface area contributed by atoms with Gasteiger partial charge in [0.2, 0.25) is 11.8 Å². The summed E-state index contributed by atoms with van der Waals surface area (Å²) in [6.07, 6.45) is 0.289. The number of benzene rings is 1. The van der Waals surface area contributed by atoms with E-state index in [0.717, 1.165) is 5.56 Å². The molecule has 5 heteroatoms. The van der Waals surface area contributed by atoms with Crippen LogP contribution in [-0.2, 0) is 16.1 Å². The van der Waals surface area contributed by atoms with E-state index in [1.807, 2.05) is 32.0 Å². The Balaban J connectivity index is 2.66. The SMILES string of the molecule is CC(C)CC(=O)Nc1ccccc1CNC(=O)CC#N. The largest absolute Gasteiger partial charge is 0.351 e. The summed E-state index contributed by atoms with van der Waals surface area (Å²) >= 11 is 0. The van der Waals surface area contributed by atoms with Crippen LogP contribution < -0.4 is 10.6 Å². The average molecular weight is 273 g/mol. The van der Waals surface area contributed by atoms with E-state index in [4.69, 9.17) is 5.26 Å². The molecule has 1 aromatic carbocycles. The molecule has 2 N–H and O–H groups in total. The number of carbonyl (C=O) groups is 2. The predicted octanol–water partition coefficient (Wildman–Crippen LogP) is 2.20. The summed E-state index contributed by atoms with van der Waals surface area (Å²) in [5.74, 6) is -0.0795. The molecule has 0 saturated carbocycles. The van der Waals surface area contributed by atoms with Gasteiger partial charge in [0.15, 0.2) is 0 Å². The third-order valence-electron chi connectivity index (χ3n) is 2.60. The normalized spacial score (nSPS) is 9.90. The lowest BCUT2D eigenvalue weighted by molar-refractivity contribution is -0.120. The van der Waals surface area contributed by atoms with Gasteiger partial charge in [-0.15, -0.1) is 0 Å². The number of hydrogen-bond donors (Lipinski definition) is 2. The fraction of sp³-hybridized carbons (Fsp3) is 0.400. The highest BCUT2D eigenvalue weighted by Gasteiger charge is 2.09. The Kier molecular flexibility index (Phi) is 6.24. The molecule has 0 unspecified atom stereocenters. The predicted molar refractivity (Wildman–Crippen MR) is 76.6 cm³/mol. The Hall–Kier alpha value is -2.35. The van der Waals surface area contributed by atoms with Crippen molar-refractivity contribution >= 4 is 17.5 Å². The van der Waals surface area contributed by atoms with E-state index in [2.05, 4.69) is 10.6 Å². The Morgan fingerprint density at radius 3 is 2.60 bits per heavy atom. The molecule has 0 bridgehead atoms. The van der Waals surface area contributed by atoms with E-state index in [1.165, 1.54) is 0 Å². The van der Waals surface area contributed by atoms with Crippen LogP contribution in [0.5, 0.6) is 0 Å². The number of anilines is 1. The number of nitriles is 1. The zero-order chi connectivity index (χ0) is 15.0. The average Bonchev–Trinajstić information content (AvgIpc) is 2.37. The molecule has 0 radical (unpaired) electrons. The maximum absolute atomic E-state index is 11.8. The lowest BCUT2D eigenvalue weighted by Gasteiger charge is -2.12. The van der Waals surface area contributed by atoms with Gasteiger partial charge < -0.3 is 10.6 Å². The summed E-state index contributed by atoms with van der Waals surface area (Å²) in [5, 5.41) is 13.9. The molecule has 0 aliphatic carbocycles. The standard InChI is InChI=1S/C15H19N3O2/c1-11(2)9-15(20)18-13-6-4-3-5-12(13)10-17-14(19)7-8-16/h3-6,11H,7,9-10H2,1-2H3,(H,17,19)(H,18,20). The van der Waals surface area contributed by atoms with Gasteiger partial charge in [0.05, 0.1) is 6.07 Å². The molecule has 0 aliphatic rings. The quantitative estimate of drug-likeness (QED) is 0.833. The summed E-state index contributed by atoms with van der Waals surface area (Å²) in [6.45, 7) is 4.25. The van der Waals surface area contributed by atoms with Gasteiger partial charge in [0, 0.05) is 18.7 Å². The minimum absolute atomic E-state index is 0.0456. The second kappa shape index (κ2) is 7.95. The number of amides is 2. The molecular formula is C15H19N3O2. The number of rotatable bonds is 6. The molecule has 0 heterocycles. The van der Waals surface area contributed by atoms with Crippen molar-refractivity contribution < 1.29 is 9.59 Å². The summed E-state index contributed by atoms with van der Waals surface area (Å²) < 4.78 is 0. The Bertz CT molecular complexity index is 518. The van der Waals surface area contributed by atoms with Crippen molar-refractivity contribution in [3.63, 3.8) is 0 Å². The Morgan fingerprint density at radius 1 is 1.25 bits per heavy atom. The zero-order valence-electron chi connectivity index (χ0n) is 11.8. The van der Waals surface area contributed by atoms with Crippen LogP contribution in [-0.4, -0.2) is 11.8 Å². The van der Waals surface area contributed by atoms with Crippen LogP contribution in [0.4, 0.5) is 5.69 Å². The molecule has 0 aliphatic heterocycles. The van der Waals surface area contributed by atoms with Crippen LogP contribution in [0, 0.1) is 17.2 Å². The van der Waals surface area contributed by atoms with E-state index < -0.39 is 0 Å². The van der Waals surface area contributed by atoms with Crippen molar-refractivity contribution in [1.82, 2.24) is 5.32 Å². The Labute approximate surface area is 119 Å². The fourth-order valence-electron chi connectivity index (χ4n) is 1.70. The topological polar surface area (TPSA) is 82.0 Å². The number of para-hydroxylation sites is 1. The first-order chi connectivity index (χ1) is 9.52. The minimum Gasteiger partial charge on any atom is -0.351 e. The van der Waals surface area contributed by atoms with Crippen molar-refractivity contribution in [2.24, 2.45) is 5.92 Å². The van der Waals surface area contributed by atoms with Crippen LogP contribution in [0.2, 0.25) is 0 Å². The van der Waals surface area contributed by atoms with Crippen LogP contribution in [0.15, 0.2) is 24.3 Å². The molecule has 1 rings (SSSR count).